The van der Waals surface area contributed by atoms with Crippen molar-refractivity contribution in [1.29, 1.82) is 0 Å². The minimum atomic E-state index is -3.61. The minimum absolute atomic E-state index is 0.157. The maximum absolute atomic E-state index is 13.1. The van der Waals surface area contributed by atoms with Crippen molar-refractivity contribution in [2.45, 2.75) is 37.8 Å². The average molecular weight is 504 g/mol. The number of benzene rings is 2. The highest BCUT2D eigenvalue weighted by Gasteiger charge is 2.27. The van der Waals surface area contributed by atoms with E-state index in [0.29, 0.717) is 38.6 Å². The molecular formula is C25H33N3O6S. The molecule has 0 bridgehead atoms. The van der Waals surface area contributed by atoms with Crippen LogP contribution in [0.3, 0.4) is 0 Å². The molecule has 3 rings (SSSR count). The van der Waals surface area contributed by atoms with Gasteiger partial charge in [-0.15, -0.1) is 0 Å². The summed E-state index contributed by atoms with van der Waals surface area (Å²) in [6, 6.07) is 14.7. The van der Waals surface area contributed by atoms with E-state index >= 15 is 0 Å². The van der Waals surface area contributed by atoms with Crippen LogP contribution in [0.25, 0.3) is 0 Å². The lowest BCUT2D eigenvalue weighted by Gasteiger charge is -2.28. The fourth-order valence-electron chi connectivity index (χ4n) is 3.63. The van der Waals surface area contributed by atoms with Crippen molar-refractivity contribution in [3.8, 4) is 5.75 Å². The van der Waals surface area contributed by atoms with Crippen molar-refractivity contribution in [2.75, 3.05) is 39.5 Å². The standard InChI is InChI=1S/C25H33N3O6S/c1-3-13-26-25(30)20(2)28(18-21-7-5-4-6-8-21)24(29)19-34-22-9-11-23(12-10-22)35(31,32)27-14-16-33-17-15-27/h4-12,20H,3,13-19H2,1-2H3,(H,26,30)/t20-/m0/s1. The van der Waals surface area contributed by atoms with Crippen LogP contribution in [0, 0.1) is 0 Å². The molecule has 0 spiro atoms. The third-order valence-corrected chi connectivity index (χ3v) is 7.62. The van der Waals surface area contributed by atoms with Gasteiger partial charge in [-0.05, 0) is 43.2 Å². The molecule has 9 nitrogen and oxygen atoms in total. The van der Waals surface area contributed by atoms with Crippen LogP contribution in [0.5, 0.6) is 5.75 Å². The number of amides is 2. The Morgan fingerprint density at radius 3 is 2.37 bits per heavy atom. The number of ether oxygens (including phenoxy) is 2. The smallest absolute Gasteiger partial charge is 0.261 e. The number of morpholine rings is 1. The van der Waals surface area contributed by atoms with E-state index in [0.717, 1.165) is 12.0 Å². The summed E-state index contributed by atoms with van der Waals surface area (Å²) in [5.41, 5.74) is 0.897. The molecule has 1 N–H and O–H groups in total. The first-order valence-corrected chi connectivity index (χ1v) is 13.2. The Balaban J connectivity index is 1.66. The van der Waals surface area contributed by atoms with Crippen LogP contribution in [-0.2, 0) is 30.9 Å². The van der Waals surface area contributed by atoms with E-state index in [1.54, 1.807) is 6.92 Å². The van der Waals surface area contributed by atoms with Crippen LogP contribution < -0.4 is 10.1 Å². The van der Waals surface area contributed by atoms with Crippen molar-refractivity contribution < 1.29 is 27.5 Å². The number of hydrogen-bond donors (Lipinski definition) is 1. The second kappa shape index (κ2) is 12.7. The number of nitrogens with one attached hydrogen (secondary N) is 1. The van der Waals surface area contributed by atoms with Gasteiger partial charge in [0, 0.05) is 26.2 Å². The molecule has 0 saturated carbocycles. The fraction of sp³-hybridized carbons (Fsp3) is 0.440. The molecule has 0 radical (unpaired) electrons. The Bertz CT molecular complexity index is 1070. The van der Waals surface area contributed by atoms with Gasteiger partial charge in [-0.25, -0.2) is 8.42 Å². The van der Waals surface area contributed by atoms with E-state index in [9.17, 15) is 18.0 Å². The van der Waals surface area contributed by atoms with Gasteiger partial charge >= 0.3 is 0 Å². The summed E-state index contributed by atoms with van der Waals surface area (Å²) >= 11 is 0. The molecule has 0 aromatic heterocycles. The molecule has 1 heterocycles. The molecule has 2 amide bonds. The van der Waals surface area contributed by atoms with Gasteiger partial charge in [-0.1, -0.05) is 37.3 Å². The molecular weight excluding hydrogens is 470 g/mol. The van der Waals surface area contributed by atoms with Crippen LogP contribution in [0.1, 0.15) is 25.8 Å². The third kappa shape index (κ3) is 7.27. The highest BCUT2D eigenvalue weighted by atomic mass is 32.2. The van der Waals surface area contributed by atoms with Crippen molar-refractivity contribution in [2.24, 2.45) is 0 Å². The van der Waals surface area contributed by atoms with Crippen LogP contribution in [0.2, 0.25) is 0 Å². The van der Waals surface area contributed by atoms with Gasteiger partial charge in [0.1, 0.15) is 11.8 Å². The van der Waals surface area contributed by atoms with E-state index < -0.39 is 16.1 Å². The molecule has 10 heteroatoms. The summed E-state index contributed by atoms with van der Waals surface area (Å²) in [6.45, 7) is 5.54. The van der Waals surface area contributed by atoms with Crippen LogP contribution in [0.15, 0.2) is 59.5 Å². The van der Waals surface area contributed by atoms with Crippen LogP contribution in [-0.4, -0.2) is 74.9 Å². The number of carbonyl (C=O) groups excluding carboxylic acids is 2. The third-order valence-electron chi connectivity index (χ3n) is 5.71. The van der Waals surface area contributed by atoms with E-state index in [1.165, 1.54) is 33.5 Å². The van der Waals surface area contributed by atoms with Crippen molar-refractivity contribution in [1.82, 2.24) is 14.5 Å². The summed E-state index contributed by atoms with van der Waals surface area (Å²) < 4.78 is 37.8. The van der Waals surface area contributed by atoms with E-state index in [4.69, 9.17) is 9.47 Å². The van der Waals surface area contributed by atoms with Gasteiger partial charge in [-0.3, -0.25) is 9.59 Å². The molecule has 1 fully saturated rings. The second-order valence-corrected chi connectivity index (χ2v) is 10.2. The lowest BCUT2D eigenvalue weighted by Crippen LogP contribution is -2.49. The number of sulfonamides is 1. The Morgan fingerprint density at radius 2 is 1.74 bits per heavy atom. The summed E-state index contributed by atoms with van der Waals surface area (Å²) in [7, 11) is -3.61. The topological polar surface area (TPSA) is 105 Å². The molecule has 190 valence electrons. The summed E-state index contributed by atoms with van der Waals surface area (Å²) in [4.78, 5) is 27.3. The first kappa shape index (κ1) is 26.7. The molecule has 1 aliphatic rings. The molecule has 35 heavy (non-hydrogen) atoms. The summed E-state index contributed by atoms with van der Waals surface area (Å²) in [5, 5.41) is 2.83. The maximum atomic E-state index is 13.1. The zero-order valence-electron chi connectivity index (χ0n) is 20.2. The predicted octanol–water partition coefficient (Wildman–Crippen LogP) is 2.03. The summed E-state index contributed by atoms with van der Waals surface area (Å²) in [6.07, 6.45) is 0.797. The van der Waals surface area contributed by atoms with Gasteiger partial charge in [0.2, 0.25) is 15.9 Å². The second-order valence-electron chi connectivity index (χ2n) is 8.25. The Morgan fingerprint density at radius 1 is 1.09 bits per heavy atom. The molecule has 0 aliphatic carbocycles. The Labute approximate surface area is 207 Å². The fourth-order valence-corrected chi connectivity index (χ4v) is 5.04. The normalized spacial score (nSPS) is 15.3. The SMILES string of the molecule is CCCNC(=O)[C@H](C)N(Cc1ccccc1)C(=O)COc1ccc(S(=O)(=O)N2CCOCC2)cc1. The van der Waals surface area contributed by atoms with Gasteiger partial charge in [0.25, 0.3) is 5.91 Å². The number of hydrogen-bond acceptors (Lipinski definition) is 6. The molecule has 1 atom stereocenters. The quantitative estimate of drug-likeness (QED) is 0.503. The zero-order valence-corrected chi connectivity index (χ0v) is 21.0. The summed E-state index contributed by atoms with van der Waals surface area (Å²) in [5.74, 6) is -0.214. The lowest BCUT2D eigenvalue weighted by atomic mass is 10.1. The predicted molar refractivity (Wildman–Crippen MR) is 131 cm³/mol. The number of nitrogens with zero attached hydrogens (tertiary/aromatic N) is 2. The Kier molecular flexibility index (Phi) is 9.64. The van der Waals surface area contributed by atoms with Crippen LogP contribution >= 0.6 is 0 Å². The Hall–Kier alpha value is -2.95. The van der Waals surface area contributed by atoms with Crippen molar-refractivity contribution in [3.05, 3.63) is 60.2 Å². The lowest BCUT2D eigenvalue weighted by molar-refractivity contribution is -0.142. The molecule has 2 aromatic carbocycles. The van der Waals surface area contributed by atoms with E-state index in [1.807, 2.05) is 37.3 Å². The minimum Gasteiger partial charge on any atom is -0.484 e. The first-order valence-electron chi connectivity index (χ1n) is 11.7. The first-order chi connectivity index (χ1) is 16.8. The van der Waals surface area contributed by atoms with Gasteiger partial charge in [0.05, 0.1) is 18.1 Å². The van der Waals surface area contributed by atoms with E-state index in [2.05, 4.69) is 5.32 Å². The van der Waals surface area contributed by atoms with Crippen LogP contribution in [0.4, 0.5) is 0 Å². The van der Waals surface area contributed by atoms with Gasteiger partial charge < -0.3 is 19.7 Å². The highest BCUT2D eigenvalue weighted by Crippen LogP contribution is 2.21. The van der Waals surface area contributed by atoms with Gasteiger partial charge in [0.15, 0.2) is 6.61 Å². The average Bonchev–Trinajstić information content (AvgIpc) is 2.90. The number of rotatable bonds is 11. The largest absolute Gasteiger partial charge is 0.484 e. The van der Waals surface area contributed by atoms with Crippen molar-refractivity contribution in [3.63, 3.8) is 0 Å². The molecule has 1 aliphatic heterocycles. The number of carbonyl (C=O) groups is 2. The molecule has 0 unspecified atom stereocenters. The monoisotopic (exact) mass is 503 g/mol. The van der Waals surface area contributed by atoms with E-state index in [-0.39, 0.29) is 29.9 Å². The van der Waals surface area contributed by atoms with Crippen molar-refractivity contribution >= 4 is 21.8 Å². The van der Waals surface area contributed by atoms with Gasteiger partial charge in [-0.2, -0.15) is 4.31 Å². The molecule has 1 saturated heterocycles. The highest BCUT2D eigenvalue weighted by molar-refractivity contribution is 7.89. The zero-order chi connectivity index (χ0) is 25.3. The molecule has 2 aromatic rings. The maximum Gasteiger partial charge on any atom is 0.261 e.